The van der Waals surface area contributed by atoms with Gasteiger partial charge in [0.1, 0.15) is 16.5 Å². The summed E-state index contributed by atoms with van der Waals surface area (Å²) in [6, 6.07) is 2.49. The molecule has 1 heterocycles. The van der Waals surface area contributed by atoms with Gasteiger partial charge in [0.15, 0.2) is 0 Å². The predicted molar refractivity (Wildman–Crippen MR) is 68.2 cm³/mol. The molecule has 3 nitrogen and oxygen atoms in total. The molecule has 1 saturated heterocycles. The minimum absolute atomic E-state index is 0.0943. The number of nitrogens with zero attached hydrogens (tertiary/aromatic N) is 1. The summed E-state index contributed by atoms with van der Waals surface area (Å²) in [5.41, 5.74) is 0. The van der Waals surface area contributed by atoms with Gasteiger partial charge in [-0.3, -0.25) is 0 Å². The average Bonchev–Trinajstić information content (AvgIpc) is 2.38. The molecule has 2 rings (SSSR count). The summed E-state index contributed by atoms with van der Waals surface area (Å²) in [7, 11) is -3.88. The maximum absolute atomic E-state index is 13.7. The van der Waals surface area contributed by atoms with E-state index in [0.717, 1.165) is 31.4 Å². The summed E-state index contributed by atoms with van der Waals surface area (Å²) in [5, 5.41) is 0. The molecule has 1 unspecified atom stereocenters. The summed E-state index contributed by atoms with van der Waals surface area (Å²) >= 11 is 0. The molecular weight excluding hydrogens is 272 g/mol. The largest absolute Gasteiger partial charge is 0.246 e. The molecule has 0 aliphatic carbocycles. The van der Waals surface area contributed by atoms with Crippen molar-refractivity contribution in [3.63, 3.8) is 0 Å². The van der Waals surface area contributed by atoms with Gasteiger partial charge in [-0.05, 0) is 31.4 Å². The summed E-state index contributed by atoms with van der Waals surface area (Å²) in [6.45, 7) is 2.32. The van der Waals surface area contributed by atoms with Crippen LogP contribution in [0.15, 0.2) is 23.1 Å². The molecule has 1 aliphatic rings. The Balaban J connectivity index is 2.40. The molecule has 1 fully saturated rings. The van der Waals surface area contributed by atoms with Crippen LogP contribution in [0.4, 0.5) is 8.78 Å². The van der Waals surface area contributed by atoms with E-state index in [9.17, 15) is 17.2 Å². The molecule has 1 aromatic carbocycles. The van der Waals surface area contributed by atoms with Crippen LogP contribution in [-0.4, -0.2) is 25.3 Å². The van der Waals surface area contributed by atoms with Crippen molar-refractivity contribution < 1.29 is 17.2 Å². The third-order valence-corrected chi connectivity index (χ3v) is 5.51. The number of hydrogen-bond donors (Lipinski definition) is 0. The van der Waals surface area contributed by atoms with Crippen LogP contribution in [-0.2, 0) is 10.0 Å². The van der Waals surface area contributed by atoms with Crippen LogP contribution in [0.25, 0.3) is 0 Å². The highest BCUT2D eigenvalue weighted by molar-refractivity contribution is 7.89. The lowest BCUT2D eigenvalue weighted by molar-refractivity contribution is 0.246. The van der Waals surface area contributed by atoms with E-state index in [2.05, 4.69) is 0 Å². The van der Waals surface area contributed by atoms with Crippen LogP contribution < -0.4 is 0 Å². The predicted octanol–water partition coefficient (Wildman–Crippen LogP) is 2.92. The highest BCUT2D eigenvalue weighted by Crippen LogP contribution is 2.28. The van der Waals surface area contributed by atoms with Crippen molar-refractivity contribution >= 4 is 10.0 Å². The first-order valence-electron chi connectivity index (χ1n) is 6.43. The Morgan fingerprint density at radius 3 is 2.68 bits per heavy atom. The van der Waals surface area contributed by atoms with Gasteiger partial charge in [-0.15, -0.1) is 0 Å². The maximum Gasteiger partial charge on any atom is 0.246 e. The van der Waals surface area contributed by atoms with Gasteiger partial charge in [0.05, 0.1) is 0 Å². The third-order valence-electron chi connectivity index (χ3n) is 3.52. The van der Waals surface area contributed by atoms with Gasteiger partial charge in [0.25, 0.3) is 0 Å². The number of rotatable bonds is 3. The Hall–Kier alpha value is -1.01. The molecule has 19 heavy (non-hydrogen) atoms. The van der Waals surface area contributed by atoms with E-state index < -0.39 is 26.6 Å². The van der Waals surface area contributed by atoms with Crippen molar-refractivity contribution in [2.75, 3.05) is 6.54 Å². The smallest absolute Gasteiger partial charge is 0.207 e. The monoisotopic (exact) mass is 289 g/mol. The Morgan fingerprint density at radius 1 is 1.32 bits per heavy atom. The zero-order chi connectivity index (χ0) is 14.0. The second-order valence-electron chi connectivity index (χ2n) is 4.75. The first kappa shape index (κ1) is 14.4. The van der Waals surface area contributed by atoms with Crippen molar-refractivity contribution in [1.29, 1.82) is 0 Å². The quantitative estimate of drug-likeness (QED) is 0.858. The van der Waals surface area contributed by atoms with Gasteiger partial charge >= 0.3 is 0 Å². The van der Waals surface area contributed by atoms with E-state index in [-0.39, 0.29) is 6.04 Å². The molecule has 0 N–H and O–H groups in total. The zero-order valence-corrected chi connectivity index (χ0v) is 11.6. The Bertz CT molecular complexity index is 560. The van der Waals surface area contributed by atoms with E-state index in [0.29, 0.717) is 19.0 Å². The minimum Gasteiger partial charge on any atom is -0.207 e. The van der Waals surface area contributed by atoms with Crippen molar-refractivity contribution in [2.24, 2.45) is 0 Å². The molecule has 0 spiro atoms. The van der Waals surface area contributed by atoms with E-state index >= 15 is 0 Å². The first-order valence-corrected chi connectivity index (χ1v) is 7.87. The standard InChI is InChI=1S/C13H17F2NO2S/c1-2-11-5-3-4-8-16(11)19(17,18)13-7-6-10(14)9-12(13)15/h6-7,9,11H,2-5,8H2,1H3. The fourth-order valence-electron chi connectivity index (χ4n) is 2.51. The maximum atomic E-state index is 13.7. The summed E-state index contributed by atoms with van der Waals surface area (Å²) in [4.78, 5) is -0.436. The van der Waals surface area contributed by atoms with Crippen molar-refractivity contribution in [1.82, 2.24) is 4.31 Å². The Morgan fingerprint density at radius 2 is 2.05 bits per heavy atom. The topological polar surface area (TPSA) is 37.4 Å². The van der Waals surface area contributed by atoms with Crippen molar-refractivity contribution in [2.45, 2.75) is 43.5 Å². The summed E-state index contributed by atoms with van der Waals surface area (Å²) in [5.74, 6) is -1.80. The lowest BCUT2D eigenvalue weighted by Gasteiger charge is -2.34. The molecule has 0 aromatic heterocycles. The second-order valence-corrected chi connectivity index (χ2v) is 6.61. The lowest BCUT2D eigenvalue weighted by Crippen LogP contribution is -2.43. The molecule has 1 aromatic rings. The number of hydrogen-bond acceptors (Lipinski definition) is 2. The zero-order valence-electron chi connectivity index (χ0n) is 10.8. The number of piperidine rings is 1. The normalized spacial score (nSPS) is 21.5. The molecule has 106 valence electrons. The van der Waals surface area contributed by atoms with Gasteiger partial charge in [-0.1, -0.05) is 13.3 Å². The SMILES string of the molecule is CCC1CCCCN1S(=O)(=O)c1ccc(F)cc1F. The lowest BCUT2D eigenvalue weighted by atomic mass is 10.0. The Kier molecular flexibility index (Phi) is 4.20. The van der Waals surface area contributed by atoms with E-state index in [1.807, 2.05) is 6.92 Å². The van der Waals surface area contributed by atoms with Gasteiger partial charge in [0.2, 0.25) is 10.0 Å². The van der Waals surface area contributed by atoms with Gasteiger partial charge in [0, 0.05) is 18.7 Å². The van der Waals surface area contributed by atoms with Crippen LogP contribution in [0.5, 0.6) is 0 Å². The minimum atomic E-state index is -3.88. The van der Waals surface area contributed by atoms with Crippen LogP contribution in [0, 0.1) is 11.6 Å². The van der Waals surface area contributed by atoms with E-state index in [4.69, 9.17) is 0 Å². The highest BCUT2D eigenvalue weighted by Gasteiger charge is 2.34. The summed E-state index contributed by atoms with van der Waals surface area (Å²) in [6.07, 6.45) is 3.25. The highest BCUT2D eigenvalue weighted by atomic mass is 32.2. The second kappa shape index (κ2) is 5.54. The molecule has 1 aliphatic heterocycles. The molecule has 0 radical (unpaired) electrons. The summed E-state index contributed by atoms with van der Waals surface area (Å²) < 4.78 is 52.8. The average molecular weight is 289 g/mol. The third kappa shape index (κ3) is 2.79. The van der Waals surface area contributed by atoms with Crippen LogP contribution in [0.1, 0.15) is 32.6 Å². The molecule has 0 saturated carbocycles. The van der Waals surface area contributed by atoms with Crippen molar-refractivity contribution in [3.8, 4) is 0 Å². The fraction of sp³-hybridized carbons (Fsp3) is 0.538. The molecule has 0 amide bonds. The number of benzene rings is 1. The molecule has 6 heteroatoms. The molecular formula is C13H17F2NO2S. The number of sulfonamides is 1. The molecule has 0 bridgehead atoms. The fourth-order valence-corrected chi connectivity index (χ4v) is 4.32. The Labute approximate surface area is 112 Å². The van der Waals surface area contributed by atoms with Crippen molar-refractivity contribution in [3.05, 3.63) is 29.8 Å². The van der Waals surface area contributed by atoms with Gasteiger partial charge in [-0.25, -0.2) is 17.2 Å². The first-order chi connectivity index (χ1) is 8.96. The van der Waals surface area contributed by atoms with Gasteiger partial charge in [-0.2, -0.15) is 4.31 Å². The molecule has 1 atom stereocenters. The van der Waals surface area contributed by atoms with Crippen LogP contribution in [0.3, 0.4) is 0 Å². The van der Waals surface area contributed by atoms with E-state index in [1.165, 1.54) is 4.31 Å². The number of halogens is 2. The van der Waals surface area contributed by atoms with Crippen LogP contribution in [0.2, 0.25) is 0 Å². The van der Waals surface area contributed by atoms with Gasteiger partial charge < -0.3 is 0 Å². The van der Waals surface area contributed by atoms with Crippen LogP contribution >= 0.6 is 0 Å². The van der Waals surface area contributed by atoms with E-state index in [1.54, 1.807) is 0 Å².